The van der Waals surface area contributed by atoms with Crippen molar-refractivity contribution in [2.45, 2.75) is 96.7 Å². The van der Waals surface area contributed by atoms with E-state index in [1.54, 1.807) is 0 Å². The standard InChI is InChI=1S/C26H45N3O5S/c1-16(4-7-22(31)27-12-13-35(32,33)34)18-5-6-19-23-20(8-9-25(18,19)3)24(2)10-11-26(28-29-26)15-17(24)14-21(23)30/h16-21,23,28-30H,4-15H2,1-3H3,(H,27,31)(H,32,33,34)/t16-,17?,18-,19+,20+,21+,23+,24+,25-/m1/s1. The highest BCUT2D eigenvalue weighted by Gasteiger charge is 2.65. The van der Waals surface area contributed by atoms with Crippen LogP contribution in [0.3, 0.4) is 0 Å². The lowest BCUT2D eigenvalue weighted by molar-refractivity contribution is -0.168. The molecule has 35 heavy (non-hydrogen) atoms. The molecule has 0 aromatic carbocycles. The van der Waals surface area contributed by atoms with Crippen molar-refractivity contribution >= 4 is 16.0 Å². The molecule has 5 fully saturated rings. The van der Waals surface area contributed by atoms with Crippen molar-refractivity contribution in [2.75, 3.05) is 12.3 Å². The van der Waals surface area contributed by atoms with Gasteiger partial charge >= 0.3 is 0 Å². The Bertz CT molecular complexity index is 939. The van der Waals surface area contributed by atoms with Crippen LogP contribution < -0.4 is 16.2 Å². The Labute approximate surface area is 210 Å². The molecular formula is C26H45N3O5S. The monoisotopic (exact) mass is 511 g/mol. The Morgan fingerprint density at radius 2 is 1.80 bits per heavy atom. The summed E-state index contributed by atoms with van der Waals surface area (Å²) in [6.45, 7) is 7.20. The first-order chi connectivity index (χ1) is 16.4. The van der Waals surface area contributed by atoms with Gasteiger partial charge in [0.05, 0.1) is 17.5 Å². The van der Waals surface area contributed by atoms with Crippen LogP contribution in [0.2, 0.25) is 0 Å². The average molecular weight is 512 g/mol. The molecule has 4 aliphatic carbocycles. The number of hydrogen-bond acceptors (Lipinski definition) is 6. The SMILES string of the molecule is C[C@H](CCC(=O)NCCS(=O)(=O)O)[C@H]1CC[C@H]2[C@@H]3[C@@H](O)CC4CC5(CC[C@]4(C)[C@H]3CC[C@]12C)NN5. The van der Waals surface area contributed by atoms with Crippen molar-refractivity contribution in [3.05, 3.63) is 0 Å². The molecule has 0 aromatic rings. The third-order valence-corrected chi connectivity index (χ3v) is 12.2. The summed E-state index contributed by atoms with van der Waals surface area (Å²) in [5.74, 6) is 2.48. The second-order valence-corrected chi connectivity index (χ2v) is 14.8. The van der Waals surface area contributed by atoms with Crippen molar-refractivity contribution < 1.29 is 22.9 Å². The van der Waals surface area contributed by atoms with E-state index < -0.39 is 15.9 Å². The van der Waals surface area contributed by atoms with E-state index in [0.717, 1.165) is 19.3 Å². The minimum absolute atomic E-state index is 0.0524. The van der Waals surface area contributed by atoms with Crippen molar-refractivity contribution in [3.63, 3.8) is 0 Å². The van der Waals surface area contributed by atoms with Crippen LogP contribution in [0.4, 0.5) is 0 Å². The molecule has 1 saturated heterocycles. The van der Waals surface area contributed by atoms with Gasteiger partial charge in [-0.25, -0.2) is 10.9 Å². The molecule has 1 aliphatic heterocycles. The summed E-state index contributed by atoms with van der Waals surface area (Å²) >= 11 is 0. The van der Waals surface area contributed by atoms with Crippen LogP contribution in [0.1, 0.15) is 85.0 Å². The van der Waals surface area contributed by atoms with Gasteiger partial charge in [0.25, 0.3) is 10.1 Å². The number of fused-ring (bicyclic) bond motifs is 5. The summed E-state index contributed by atoms with van der Waals surface area (Å²) < 4.78 is 30.5. The van der Waals surface area contributed by atoms with Crippen LogP contribution in [0.15, 0.2) is 0 Å². The molecule has 0 aromatic heterocycles. The molecule has 5 rings (SSSR count). The van der Waals surface area contributed by atoms with E-state index in [9.17, 15) is 18.3 Å². The maximum atomic E-state index is 12.2. The van der Waals surface area contributed by atoms with Gasteiger partial charge in [-0.15, -0.1) is 0 Å². The number of rotatable bonds is 7. The van der Waals surface area contributed by atoms with E-state index in [1.807, 2.05) is 0 Å². The number of aliphatic hydroxyl groups excluding tert-OH is 1. The maximum absolute atomic E-state index is 12.2. The molecule has 1 unspecified atom stereocenters. The van der Waals surface area contributed by atoms with Crippen LogP contribution in [0, 0.1) is 46.3 Å². The number of carbonyl (C=O) groups is 1. The summed E-state index contributed by atoms with van der Waals surface area (Å²) in [6, 6.07) is 0. The molecule has 5 aliphatic rings. The van der Waals surface area contributed by atoms with E-state index in [0.29, 0.717) is 47.3 Å². The number of hydrazine groups is 1. The third kappa shape index (κ3) is 4.69. The van der Waals surface area contributed by atoms with Gasteiger partial charge in [-0.1, -0.05) is 20.8 Å². The molecule has 9 heteroatoms. The number of carbonyl (C=O) groups excluding carboxylic acids is 1. The molecule has 1 spiro atoms. The molecule has 8 nitrogen and oxygen atoms in total. The molecule has 0 bridgehead atoms. The van der Waals surface area contributed by atoms with Gasteiger partial charge in [0, 0.05) is 13.0 Å². The first-order valence-electron chi connectivity index (χ1n) is 13.8. The van der Waals surface area contributed by atoms with E-state index in [-0.39, 0.29) is 29.6 Å². The van der Waals surface area contributed by atoms with E-state index in [1.165, 1.54) is 38.5 Å². The normalized spacial score (nSPS) is 44.7. The summed E-state index contributed by atoms with van der Waals surface area (Å²) in [4.78, 5) is 12.2. The zero-order chi connectivity index (χ0) is 25.2. The fourth-order valence-electron chi connectivity index (χ4n) is 9.49. The zero-order valence-electron chi connectivity index (χ0n) is 21.6. The van der Waals surface area contributed by atoms with E-state index in [4.69, 9.17) is 4.55 Å². The highest BCUT2D eigenvalue weighted by atomic mass is 32.2. The van der Waals surface area contributed by atoms with Crippen LogP contribution in [-0.4, -0.2) is 48.0 Å². The van der Waals surface area contributed by atoms with Crippen molar-refractivity contribution in [3.8, 4) is 0 Å². The molecule has 9 atom stereocenters. The highest BCUT2D eigenvalue weighted by molar-refractivity contribution is 7.85. The van der Waals surface area contributed by atoms with Gasteiger partial charge in [0.15, 0.2) is 0 Å². The van der Waals surface area contributed by atoms with Crippen LogP contribution in [-0.2, 0) is 14.9 Å². The van der Waals surface area contributed by atoms with Crippen molar-refractivity contribution in [1.82, 2.24) is 16.2 Å². The zero-order valence-corrected chi connectivity index (χ0v) is 22.4. The van der Waals surface area contributed by atoms with Crippen LogP contribution in [0.25, 0.3) is 0 Å². The minimum Gasteiger partial charge on any atom is -0.393 e. The average Bonchev–Trinajstić information content (AvgIpc) is 3.43. The Morgan fingerprint density at radius 1 is 1.09 bits per heavy atom. The molecule has 200 valence electrons. The number of hydrogen-bond donors (Lipinski definition) is 5. The highest BCUT2D eigenvalue weighted by Crippen LogP contribution is 2.69. The summed E-state index contributed by atoms with van der Waals surface area (Å²) in [6.07, 6.45) is 10.2. The van der Waals surface area contributed by atoms with Crippen LogP contribution >= 0.6 is 0 Å². The number of nitrogens with one attached hydrogen (secondary N) is 3. The van der Waals surface area contributed by atoms with Gasteiger partial charge in [0.2, 0.25) is 5.91 Å². The van der Waals surface area contributed by atoms with E-state index in [2.05, 4.69) is 36.9 Å². The summed E-state index contributed by atoms with van der Waals surface area (Å²) in [7, 11) is -4.06. The molecule has 5 N–H and O–H groups in total. The number of amides is 1. The van der Waals surface area contributed by atoms with Crippen molar-refractivity contribution in [2.24, 2.45) is 46.3 Å². The van der Waals surface area contributed by atoms with Gasteiger partial charge < -0.3 is 10.4 Å². The maximum Gasteiger partial charge on any atom is 0.266 e. The second kappa shape index (κ2) is 8.93. The fourth-order valence-corrected chi connectivity index (χ4v) is 9.85. The van der Waals surface area contributed by atoms with E-state index >= 15 is 0 Å². The lowest BCUT2D eigenvalue weighted by Gasteiger charge is -2.62. The van der Waals surface area contributed by atoms with Gasteiger partial charge in [0.1, 0.15) is 0 Å². The Balaban J connectivity index is 1.22. The minimum atomic E-state index is -4.06. The third-order valence-electron chi connectivity index (χ3n) is 11.5. The van der Waals surface area contributed by atoms with Gasteiger partial charge in [-0.3, -0.25) is 9.35 Å². The predicted molar refractivity (Wildman–Crippen MR) is 133 cm³/mol. The first-order valence-corrected chi connectivity index (χ1v) is 15.4. The van der Waals surface area contributed by atoms with Gasteiger partial charge in [-0.05, 0) is 104 Å². The summed E-state index contributed by atoms with van der Waals surface area (Å²) in [5, 5.41) is 14.1. The fraction of sp³-hybridized carbons (Fsp3) is 0.962. The Hall–Kier alpha value is -0.740. The lowest BCUT2D eigenvalue weighted by Crippen LogP contribution is -2.59. The Morgan fingerprint density at radius 3 is 2.49 bits per heavy atom. The lowest BCUT2D eigenvalue weighted by atomic mass is 9.43. The Kier molecular flexibility index (Phi) is 6.61. The first kappa shape index (κ1) is 25.9. The summed E-state index contributed by atoms with van der Waals surface area (Å²) in [5.41, 5.74) is 7.46. The molecule has 1 heterocycles. The smallest absolute Gasteiger partial charge is 0.266 e. The molecule has 1 amide bonds. The van der Waals surface area contributed by atoms with Gasteiger partial charge in [-0.2, -0.15) is 8.42 Å². The molecular weight excluding hydrogens is 466 g/mol. The number of aliphatic hydroxyl groups is 1. The topological polar surface area (TPSA) is 148 Å². The van der Waals surface area contributed by atoms with Crippen LogP contribution in [0.5, 0.6) is 0 Å². The molecule has 4 saturated carbocycles. The largest absolute Gasteiger partial charge is 0.393 e. The van der Waals surface area contributed by atoms with Crippen molar-refractivity contribution in [1.29, 1.82) is 0 Å². The molecule has 0 radical (unpaired) electrons. The second-order valence-electron chi connectivity index (χ2n) is 13.2. The predicted octanol–water partition coefficient (Wildman–Crippen LogP) is 2.84. The quantitative estimate of drug-likeness (QED) is 0.261.